The molecule has 2 N–H and O–H groups in total. The van der Waals surface area contributed by atoms with E-state index < -0.39 is 0 Å². The van der Waals surface area contributed by atoms with E-state index in [0.29, 0.717) is 5.70 Å². The number of carbonyl (C=O) groups is 1. The third-order valence-corrected chi connectivity index (χ3v) is 3.11. The molecule has 1 saturated carbocycles. The van der Waals surface area contributed by atoms with Crippen LogP contribution >= 0.6 is 0 Å². The average molecular weight is 214 g/mol. The van der Waals surface area contributed by atoms with E-state index in [1.165, 1.54) is 0 Å². The predicted octanol–water partition coefficient (Wildman–Crippen LogP) is 1.20. The van der Waals surface area contributed by atoms with E-state index in [2.05, 4.69) is 43.5 Å². The lowest BCUT2D eigenvalue weighted by Crippen LogP contribution is -2.60. The van der Waals surface area contributed by atoms with E-state index in [4.69, 9.17) is 0 Å². The highest BCUT2D eigenvalue weighted by Gasteiger charge is 2.39. The van der Waals surface area contributed by atoms with E-state index in [1.54, 1.807) is 0 Å². The standard InChI is InChI=1S/C13H14N2O/c1-6-7(2)9(4)12-11(8(6)3)14-10(5)13(16)15-12/h11-12,14H,1-5H2,(H,15,16). The molecule has 2 rings (SSSR count). The summed E-state index contributed by atoms with van der Waals surface area (Å²) >= 11 is 0. The van der Waals surface area contributed by atoms with Crippen molar-refractivity contribution in [3.8, 4) is 0 Å². The summed E-state index contributed by atoms with van der Waals surface area (Å²) in [6.45, 7) is 19.4. The molecule has 1 heterocycles. The lowest BCUT2D eigenvalue weighted by Gasteiger charge is -2.42. The third kappa shape index (κ3) is 1.25. The predicted molar refractivity (Wildman–Crippen MR) is 64.6 cm³/mol. The van der Waals surface area contributed by atoms with E-state index in [1.807, 2.05) is 0 Å². The zero-order valence-electron chi connectivity index (χ0n) is 9.10. The molecule has 3 heteroatoms. The van der Waals surface area contributed by atoms with E-state index in [0.717, 1.165) is 22.3 Å². The van der Waals surface area contributed by atoms with Gasteiger partial charge in [0.25, 0.3) is 5.91 Å². The van der Waals surface area contributed by atoms with Crippen molar-refractivity contribution in [2.24, 2.45) is 0 Å². The van der Waals surface area contributed by atoms with Gasteiger partial charge in [0.1, 0.15) is 0 Å². The Hall–Kier alpha value is -2.03. The topological polar surface area (TPSA) is 41.1 Å². The first-order chi connectivity index (χ1) is 7.43. The molecule has 2 unspecified atom stereocenters. The first-order valence-electron chi connectivity index (χ1n) is 4.96. The maximum Gasteiger partial charge on any atom is 0.267 e. The van der Waals surface area contributed by atoms with Crippen LogP contribution in [-0.4, -0.2) is 18.0 Å². The number of rotatable bonds is 0. The summed E-state index contributed by atoms with van der Waals surface area (Å²) in [4.78, 5) is 11.5. The second-order valence-corrected chi connectivity index (χ2v) is 4.06. The van der Waals surface area contributed by atoms with Crippen molar-refractivity contribution in [1.82, 2.24) is 10.6 Å². The van der Waals surface area contributed by atoms with Crippen molar-refractivity contribution in [2.45, 2.75) is 12.1 Å². The molecule has 3 nitrogen and oxygen atoms in total. The summed E-state index contributed by atoms with van der Waals surface area (Å²) in [6, 6.07) is -0.320. The SMILES string of the molecule is C=C1NC2C(=C)C(=C)C(=C)C(=C)C2NC1=O. The van der Waals surface area contributed by atoms with Gasteiger partial charge in [0.05, 0.1) is 17.8 Å². The van der Waals surface area contributed by atoms with Crippen molar-refractivity contribution in [3.63, 3.8) is 0 Å². The first-order valence-corrected chi connectivity index (χ1v) is 4.96. The summed E-state index contributed by atoms with van der Waals surface area (Å²) in [6.07, 6.45) is 0. The maximum atomic E-state index is 11.5. The summed E-state index contributed by atoms with van der Waals surface area (Å²) in [5, 5.41) is 5.87. The van der Waals surface area contributed by atoms with Gasteiger partial charge in [-0.1, -0.05) is 32.9 Å². The van der Waals surface area contributed by atoms with Gasteiger partial charge in [0, 0.05) is 0 Å². The van der Waals surface area contributed by atoms with E-state index in [9.17, 15) is 4.79 Å². The Morgan fingerprint density at radius 3 is 1.75 bits per heavy atom. The lowest BCUT2D eigenvalue weighted by atomic mass is 9.76. The van der Waals surface area contributed by atoms with Gasteiger partial charge < -0.3 is 10.6 Å². The molecule has 16 heavy (non-hydrogen) atoms. The molecule has 1 aliphatic heterocycles. The fourth-order valence-corrected chi connectivity index (χ4v) is 1.99. The number of hydrogen-bond acceptors (Lipinski definition) is 2. The molecule has 0 aromatic heterocycles. The number of piperazine rings is 1. The van der Waals surface area contributed by atoms with Crippen molar-refractivity contribution in [3.05, 3.63) is 60.9 Å². The molecule has 1 amide bonds. The van der Waals surface area contributed by atoms with Crippen molar-refractivity contribution >= 4 is 5.91 Å². The highest BCUT2D eigenvalue weighted by Crippen LogP contribution is 2.35. The van der Waals surface area contributed by atoms with Crippen LogP contribution in [-0.2, 0) is 4.79 Å². The molecule has 0 bridgehead atoms. The number of fused-ring (bicyclic) bond motifs is 1. The van der Waals surface area contributed by atoms with Crippen LogP contribution in [0, 0.1) is 0 Å². The summed E-state index contributed by atoms with van der Waals surface area (Å²) in [5.41, 5.74) is 3.47. The Bertz CT molecular complexity index is 426. The van der Waals surface area contributed by atoms with Gasteiger partial charge >= 0.3 is 0 Å². The molecular formula is C13H14N2O. The monoisotopic (exact) mass is 214 g/mol. The summed E-state index contributed by atoms with van der Waals surface area (Å²) < 4.78 is 0. The zero-order chi connectivity index (χ0) is 12.0. The van der Waals surface area contributed by atoms with Gasteiger partial charge in [-0.3, -0.25) is 4.79 Å². The van der Waals surface area contributed by atoms with Crippen LogP contribution in [0.2, 0.25) is 0 Å². The Morgan fingerprint density at radius 2 is 1.25 bits per heavy atom. The van der Waals surface area contributed by atoms with Crippen LogP contribution in [0.4, 0.5) is 0 Å². The number of carbonyl (C=O) groups excluding carboxylic acids is 1. The summed E-state index contributed by atoms with van der Waals surface area (Å²) in [7, 11) is 0. The summed E-state index contributed by atoms with van der Waals surface area (Å²) in [5.74, 6) is -0.212. The average Bonchev–Trinajstić information content (AvgIpc) is 2.26. The largest absolute Gasteiger partial charge is 0.372 e. The maximum absolute atomic E-state index is 11.5. The molecule has 1 saturated heterocycles. The van der Waals surface area contributed by atoms with Gasteiger partial charge in [-0.15, -0.1) is 0 Å². The minimum absolute atomic E-state index is 0.115. The van der Waals surface area contributed by atoms with Crippen molar-refractivity contribution in [2.75, 3.05) is 0 Å². The fraction of sp³-hybridized carbons (Fsp3) is 0.154. The van der Waals surface area contributed by atoms with Crippen LogP contribution in [0.3, 0.4) is 0 Å². The van der Waals surface area contributed by atoms with E-state index >= 15 is 0 Å². The number of hydrogen-bond donors (Lipinski definition) is 2. The fourth-order valence-electron chi connectivity index (χ4n) is 1.99. The minimum Gasteiger partial charge on any atom is -0.372 e. The van der Waals surface area contributed by atoms with Gasteiger partial charge in [-0.2, -0.15) is 0 Å². The Balaban J connectivity index is 2.41. The smallest absolute Gasteiger partial charge is 0.267 e. The molecule has 0 aromatic rings. The van der Waals surface area contributed by atoms with Crippen molar-refractivity contribution < 1.29 is 4.79 Å². The molecule has 0 aromatic carbocycles. The molecule has 2 atom stereocenters. The molecule has 0 spiro atoms. The van der Waals surface area contributed by atoms with Crippen LogP contribution in [0.25, 0.3) is 0 Å². The van der Waals surface area contributed by atoms with Gasteiger partial charge in [-0.25, -0.2) is 0 Å². The second-order valence-electron chi connectivity index (χ2n) is 4.06. The van der Waals surface area contributed by atoms with Gasteiger partial charge in [0.15, 0.2) is 0 Å². The zero-order valence-corrected chi connectivity index (χ0v) is 9.10. The normalized spacial score (nSPS) is 29.8. The quantitative estimate of drug-likeness (QED) is 0.595. The van der Waals surface area contributed by atoms with Crippen LogP contribution in [0.5, 0.6) is 0 Å². The highest BCUT2D eigenvalue weighted by atomic mass is 16.2. The molecule has 1 aliphatic carbocycles. The Morgan fingerprint density at radius 1 is 0.812 bits per heavy atom. The molecule has 2 fully saturated rings. The number of nitrogens with one attached hydrogen (secondary N) is 2. The molecule has 0 radical (unpaired) electrons. The van der Waals surface area contributed by atoms with Crippen molar-refractivity contribution in [1.29, 1.82) is 0 Å². The third-order valence-electron chi connectivity index (χ3n) is 3.11. The van der Waals surface area contributed by atoms with Crippen LogP contribution < -0.4 is 10.6 Å². The molecule has 2 aliphatic rings. The molecule has 82 valence electrons. The van der Waals surface area contributed by atoms with Crippen LogP contribution in [0.15, 0.2) is 60.9 Å². The number of amides is 1. The highest BCUT2D eigenvalue weighted by molar-refractivity contribution is 5.94. The molecular weight excluding hydrogens is 200 g/mol. The van der Waals surface area contributed by atoms with Gasteiger partial charge in [0.2, 0.25) is 0 Å². The Labute approximate surface area is 94.9 Å². The van der Waals surface area contributed by atoms with Crippen LogP contribution in [0.1, 0.15) is 0 Å². The first kappa shape index (κ1) is 10.5. The van der Waals surface area contributed by atoms with Gasteiger partial charge in [-0.05, 0) is 22.3 Å². The lowest BCUT2D eigenvalue weighted by molar-refractivity contribution is -0.119. The Kier molecular flexibility index (Phi) is 2.12. The van der Waals surface area contributed by atoms with E-state index in [-0.39, 0.29) is 18.0 Å². The second kappa shape index (κ2) is 3.23. The minimum atomic E-state index is -0.212.